The van der Waals surface area contributed by atoms with E-state index in [2.05, 4.69) is 21.2 Å². The second-order valence-electron chi connectivity index (χ2n) is 3.72. The van der Waals surface area contributed by atoms with Gasteiger partial charge in [0.2, 0.25) is 0 Å². The van der Waals surface area contributed by atoms with Crippen LogP contribution in [0, 0.1) is 5.82 Å². The van der Waals surface area contributed by atoms with Crippen molar-refractivity contribution in [2.75, 3.05) is 5.32 Å². The Bertz CT molecular complexity index is 557. The summed E-state index contributed by atoms with van der Waals surface area (Å²) in [6.45, 7) is 0.284. The topological polar surface area (TPSA) is 32.3 Å². The van der Waals surface area contributed by atoms with Gasteiger partial charge in [0.1, 0.15) is 11.6 Å². The fourth-order valence-corrected chi connectivity index (χ4v) is 2.18. The lowest BCUT2D eigenvalue weighted by atomic mass is 10.2. The van der Waals surface area contributed by atoms with E-state index in [1.165, 1.54) is 6.07 Å². The standard InChI is InChI=1S/C13H10BrClFNO/c14-9-4-5-12(18)8(6-9)7-17-13-10(15)2-1-3-11(13)16/h1-6,17-18H,7H2. The van der Waals surface area contributed by atoms with E-state index in [1.54, 1.807) is 30.3 Å². The van der Waals surface area contributed by atoms with Gasteiger partial charge in [0, 0.05) is 16.6 Å². The van der Waals surface area contributed by atoms with Crippen molar-refractivity contribution in [3.05, 3.63) is 57.3 Å². The Hall–Kier alpha value is -1.26. The molecular weight excluding hydrogens is 321 g/mol. The van der Waals surface area contributed by atoms with Gasteiger partial charge in [-0.3, -0.25) is 0 Å². The molecule has 0 unspecified atom stereocenters. The minimum absolute atomic E-state index is 0.151. The number of nitrogens with one attached hydrogen (secondary N) is 1. The Morgan fingerprint density at radius 1 is 1.28 bits per heavy atom. The average Bonchev–Trinajstić information content (AvgIpc) is 2.33. The number of phenolic OH excluding ortho intramolecular Hbond substituents is 1. The summed E-state index contributed by atoms with van der Waals surface area (Å²) in [4.78, 5) is 0. The van der Waals surface area contributed by atoms with E-state index in [1.807, 2.05) is 0 Å². The van der Waals surface area contributed by atoms with Crippen molar-refractivity contribution < 1.29 is 9.50 Å². The number of hydrogen-bond donors (Lipinski definition) is 2. The highest BCUT2D eigenvalue weighted by Gasteiger charge is 2.08. The molecule has 0 radical (unpaired) electrons. The minimum atomic E-state index is -0.419. The van der Waals surface area contributed by atoms with Crippen LogP contribution < -0.4 is 5.32 Å². The van der Waals surface area contributed by atoms with E-state index in [-0.39, 0.29) is 18.0 Å². The molecule has 0 aliphatic heterocycles. The van der Waals surface area contributed by atoms with Crippen LogP contribution in [0.25, 0.3) is 0 Å². The molecule has 5 heteroatoms. The maximum absolute atomic E-state index is 13.5. The van der Waals surface area contributed by atoms with Crippen molar-refractivity contribution in [2.24, 2.45) is 0 Å². The van der Waals surface area contributed by atoms with E-state index in [9.17, 15) is 9.50 Å². The lowest BCUT2D eigenvalue weighted by Gasteiger charge is -2.10. The van der Waals surface area contributed by atoms with Gasteiger partial charge >= 0.3 is 0 Å². The number of phenols is 1. The molecule has 0 spiro atoms. The van der Waals surface area contributed by atoms with Crippen LogP contribution >= 0.6 is 27.5 Å². The van der Waals surface area contributed by atoms with Gasteiger partial charge in [-0.2, -0.15) is 0 Å². The van der Waals surface area contributed by atoms with Gasteiger partial charge in [0.15, 0.2) is 0 Å². The molecule has 0 heterocycles. The number of hydrogen-bond acceptors (Lipinski definition) is 2. The zero-order valence-corrected chi connectivity index (χ0v) is 11.6. The number of anilines is 1. The first-order valence-electron chi connectivity index (χ1n) is 5.23. The highest BCUT2D eigenvalue weighted by Crippen LogP contribution is 2.27. The van der Waals surface area contributed by atoms with Gasteiger partial charge in [-0.25, -0.2) is 4.39 Å². The molecular formula is C13H10BrClFNO. The molecule has 0 aliphatic rings. The number of para-hydroxylation sites is 1. The third kappa shape index (κ3) is 2.94. The van der Waals surface area contributed by atoms with Crippen LogP contribution in [0.5, 0.6) is 5.75 Å². The Balaban J connectivity index is 2.19. The van der Waals surface area contributed by atoms with E-state index in [0.29, 0.717) is 10.6 Å². The smallest absolute Gasteiger partial charge is 0.147 e. The first-order valence-corrected chi connectivity index (χ1v) is 6.40. The molecule has 0 bridgehead atoms. The molecule has 2 aromatic rings. The molecule has 0 atom stereocenters. The van der Waals surface area contributed by atoms with E-state index >= 15 is 0 Å². The zero-order chi connectivity index (χ0) is 13.1. The van der Waals surface area contributed by atoms with E-state index in [0.717, 1.165) is 4.47 Å². The Morgan fingerprint density at radius 3 is 2.78 bits per heavy atom. The number of benzene rings is 2. The Labute approximate surface area is 118 Å². The van der Waals surface area contributed by atoms with Crippen molar-refractivity contribution in [3.63, 3.8) is 0 Å². The molecule has 18 heavy (non-hydrogen) atoms. The Morgan fingerprint density at radius 2 is 2.06 bits per heavy atom. The highest BCUT2D eigenvalue weighted by atomic mass is 79.9. The third-order valence-corrected chi connectivity index (χ3v) is 3.27. The van der Waals surface area contributed by atoms with Crippen molar-refractivity contribution in [1.29, 1.82) is 0 Å². The molecule has 0 fully saturated rings. The fraction of sp³-hybridized carbons (Fsp3) is 0.0769. The normalized spacial score (nSPS) is 10.4. The quantitative estimate of drug-likeness (QED) is 0.864. The number of aromatic hydroxyl groups is 1. The lowest BCUT2D eigenvalue weighted by Crippen LogP contribution is -2.02. The predicted octanol–water partition coefficient (Wildman–Crippen LogP) is 4.56. The summed E-state index contributed by atoms with van der Waals surface area (Å²) in [6.07, 6.45) is 0. The van der Waals surface area contributed by atoms with Gasteiger partial charge in [-0.05, 0) is 30.3 Å². The SMILES string of the molecule is Oc1ccc(Br)cc1CNc1c(F)cccc1Cl. The van der Waals surface area contributed by atoms with Crippen LogP contribution in [-0.2, 0) is 6.54 Å². The predicted molar refractivity (Wildman–Crippen MR) is 74.5 cm³/mol. The summed E-state index contributed by atoms with van der Waals surface area (Å²) < 4.78 is 14.4. The van der Waals surface area contributed by atoms with Crippen LogP contribution in [-0.4, -0.2) is 5.11 Å². The van der Waals surface area contributed by atoms with Crippen LogP contribution in [0.2, 0.25) is 5.02 Å². The van der Waals surface area contributed by atoms with Gasteiger partial charge in [0.25, 0.3) is 0 Å². The van der Waals surface area contributed by atoms with Crippen LogP contribution in [0.1, 0.15) is 5.56 Å². The van der Waals surface area contributed by atoms with Crippen molar-refractivity contribution in [1.82, 2.24) is 0 Å². The second kappa shape index (κ2) is 5.59. The molecule has 0 amide bonds. The summed E-state index contributed by atoms with van der Waals surface area (Å²) in [6, 6.07) is 9.54. The molecule has 94 valence electrons. The van der Waals surface area contributed by atoms with Gasteiger partial charge in [-0.1, -0.05) is 33.6 Å². The molecule has 2 nitrogen and oxygen atoms in total. The summed E-state index contributed by atoms with van der Waals surface area (Å²) in [5, 5.41) is 12.9. The lowest BCUT2D eigenvalue weighted by molar-refractivity contribution is 0.469. The van der Waals surface area contributed by atoms with E-state index in [4.69, 9.17) is 11.6 Å². The fourth-order valence-electron chi connectivity index (χ4n) is 1.55. The summed E-state index contributed by atoms with van der Waals surface area (Å²) in [7, 11) is 0. The molecule has 0 saturated carbocycles. The van der Waals surface area contributed by atoms with Crippen molar-refractivity contribution >= 4 is 33.2 Å². The van der Waals surface area contributed by atoms with Crippen LogP contribution in [0.15, 0.2) is 40.9 Å². The molecule has 2 aromatic carbocycles. The van der Waals surface area contributed by atoms with Crippen molar-refractivity contribution in [3.8, 4) is 5.75 Å². The maximum atomic E-state index is 13.5. The molecule has 0 saturated heterocycles. The number of halogens is 3. The van der Waals surface area contributed by atoms with Gasteiger partial charge < -0.3 is 10.4 Å². The molecule has 2 N–H and O–H groups in total. The Kier molecular flexibility index (Phi) is 4.09. The first kappa shape index (κ1) is 13.2. The maximum Gasteiger partial charge on any atom is 0.147 e. The van der Waals surface area contributed by atoms with E-state index < -0.39 is 5.82 Å². The largest absolute Gasteiger partial charge is 0.508 e. The summed E-state index contributed by atoms with van der Waals surface area (Å²) in [5.41, 5.74) is 0.891. The summed E-state index contributed by atoms with van der Waals surface area (Å²) in [5.74, 6) is -0.268. The minimum Gasteiger partial charge on any atom is -0.508 e. The second-order valence-corrected chi connectivity index (χ2v) is 5.05. The van der Waals surface area contributed by atoms with Crippen LogP contribution in [0.3, 0.4) is 0 Å². The monoisotopic (exact) mass is 329 g/mol. The number of rotatable bonds is 3. The summed E-state index contributed by atoms with van der Waals surface area (Å²) >= 11 is 9.20. The molecule has 2 rings (SSSR count). The van der Waals surface area contributed by atoms with Gasteiger partial charge in [-0.15, -0.1) is 0 Å². The van der Waals surface area contributed by atoms with Crippen LogP contribution in [0.4, 0.5) is 10.1 Å². The zero-order valence-electron chi connectivity index (χ0n) is 9.25. The highest BCUT2D eigenvalue weighted by molar-refractivity contribution is 9.10. The van der Waals surface area contributed by atoms with Gasteiger partial charge in [0.05, 0.1) is 10.7 Å². The van der Waals surface area contributed by atoms with Crippen molar-refractivity contribution in [2.45, 2.75) is 6.54 Å². The third-order valence-electron chi connectivity index (χ3n) is 2.46. The molecule has 0 aromatic heterocycles. The molecule has 0 aliphatic carbocycles. The first-order chi connectivity index (χ1) is 8.58. The average molecular weight is 331 g/mol.